The van der Waals surface area contributed by atoms with Crippen molar-refractivity contribution in [2.24, 2.45) is 0 Å². The lowest BCUT2D eigenvalue weighted by Crippen LogP contribution is -2.23. The van der Waals surface area contributed by atoms with Crippen LogP contribution in [0.3, 0.4) is 0 Å². The molecule has 2 unspecified atom stereocenters. The van der Waals surface area contributed by atoms with Crippen LogP contribution in [-0.4, -0.2) is 10.9 Å². The monoisotopic (exact) mass is 283 g/mol. The Morgan fingerprint density at radius 1 is 1.10 bits per heavy atom. The van der Waals surface area contributed by atoms with Gasteiger partial charge < -0.3 is 10.6 Å². The van der Waals surface area contributed by atoms with Gasteiger partial charge in [-0.25, -0.2) is 0 Å². The Morgan fingerprint density at radius 2 is 1.90 bits per heavy atom. The van der Waals surface area contributed by atoms with Crippen molar-refractivity contribution in [2.75, 3.05) is 5.32 Å². The fourth-order valence-corrected chi connectivity index (χ4v) is 2.28. The molecule has 0 spiro atoms. The topological polar surface area (TPSA) is 54.0 Å². The number of pyridine rings is 1. The largest absolute Gasteiger partial charge is 0.326 e. The van der Waals surface area contributed by atoms with Crippen molar-refractivity contribution >= 4 is 11.6 Å². The van der Waals surface area contributed by atoms with Crippen molar-refractivity contribution in [3.63, 3.8) is 0 Å². The third-order valence-electron chi connectivity index (χ3n) is 3.34. The Labute approximate surface area is 125 Å². The molecule has 1 aromatic carbocycles. The molecule has 0 aliphatic rings. The van der Waals surface area contributed by atoms with E-state index >= 15 is 0 Å². The molecule has 1 amide bonds. The van der Waals surface area contributed by atoms with E-state index in [2.05, 4.69) is 29.5 Å². The maximum absolute atomic E-state index is 11.1. The molecule has 21 heavy (non-hydrogen) atoms. The van der Waals surface area contributed by atoms with Crippen LogP contribution in [0, 0.1) is 0 Å². The van der Waals surface area contributed by atoms with E-state index in [1.165, 1.54) is 6.92 Å². The van der Waals surface area contributed by atoms with Crippen LogP contribution in [0.15, 0.2) is 48.7 Å². The molecule has 2 aromatic rings. The highest BCUT2D eigenvalue weighted by atomic mass is 16.1. The molecule has 1 heterocycles. The minimum Gasteiger partial charge on any atom is -0.326 e. The summed E-state index contributed by atoms with van der Waals surface area (Å²) in [6.45, 7) is 5.71. The first-order valence-electron chi connectivity index (χ1n) is 7.11. The molecule has 110 valence electrons. The van der Waals surface area contributed by atoms with Gasteiger partial charge in [-0.05, 0) is 43.7 Å². The van der Waals surface area contributed by atoms with Crippen LogP contribution in [0.1, 0.15) is 44.1 Å². The van der Waals surface area contributed by atoms with Crippen LogP contribution < -0.4 is 10.6 Å². The van der Waals surface area contributed by atoms with Gasteiger partial charge in [-0.1, -0.05) is 18.2 Å². The number of benzene rings is 1. The Kier molecular flexibility index (Phi) is 5.06. The van der Waals surface area contributed by atoms with E-state index in [1.54, 1.807) is 6.20 Å². The second kappa shape index (κ2) is 6.99. The summed E-state index contributed by atoms with van der Waals surface area (Å²) in [5.74, 6) is -0.0605. The summed E-state index contributed by atoms with van der Waals surface area (Å²) in [6, 6.07) is 14.1. The molecule has 1 aromatic heterocycles. The third-order valence-corrected chi connectivity index (χ3v) is 3.34. The Bertz CT molecular complexity index is 598. The fraction of sp³-hybridized carbons (Fsp3) is 0.294. The molecular weight excluding hydrogens is 262 g/mol. The minimum atomic E-state index is -0.0605. The summed E-state index contributed by atoms with van der Waals surface area (Å²) in [4.78, 5) is 15.5. The highest BCUT2D eigenvalue weighted by Crippen LogP contribution is 2.20. The van der Waals surface area contributed by atoms with Crippen LogP contribution in [0.4, 0.5) is 5.69 Å². The van der Waals surface area contributed by atoms with Gasteiger partial charge in [0.05, 0.1) is 5.69 Å². The number of hydrogen-bond donors (Lipinski definition) is 2. The smallest absolute Gasteiger partial charge is 0.221 e. The standard InChI is InChI=1S/C17H21N3O/c1-12(19-13(2)17-9-4-5-10-18-17)15-7-6-8-16(11-15)20-14(3)21/h4-13,19H,1-3H3,(H,20,21). The number of carbonyl (C=O) groups excluding carboxylic acids is 1. The van der Waals surface area contributed by atoms with Crippen LogP contribution in [-0.2, 0) is 4.79 Å². The number of hydrogen-bond acceptors (Lipinski definition) is 3. The Balaban J connectivity index is 2.06. The molecule has 0 aliphatic carbocycles. The number of aromatic nitrogens is 1. The molecule has 4 nitrogen and oxygen atoms in total. The Hall–Kier alpha value is -2.20. The molecule has 0 fully saturated rings. The molecule has 0 bridgehead atoms. The SMILES string of the molecule is CC(=O)Nc1cccc(C(C)NC(C)c2ccccn2)c1. The van der Waals surface area contributed by atoms with E-state index in [-0.39, 0.29) is 18.0 Å². The second-order valence-electron chi connectivity index (χ2n) is 5.17. The lowest BCUT2D eigenvalue weighted by molar-refractivity contribution is -0.114. The summed E-state index contributed by atoms with van der Waals surface area (Å²) in [5, 5.41) is 6.32. The van der Waals surface area contributed by atoms with Crippen LogP contribution in [0.5, 0.6) is 0 Å². The van der Waals surface area contributed by atoms with Crippen LogP contribution in [0.2, 0.25) is 0 Å². The number of rotatable bonds is 5. The molecule has 4 heteroatoms. The summed E-state index contributed by atoms with van der Waals surface area (Å²) in [5.41, 5.74) is 2.96. The molecular formula is C17H21N3O. The number of carbonyl (C=O) groups is 1. The highest BCUT2D eigenvalue weighted by Gasteiger charge is 2.12. The van der Waals surface area contributed by atoms with Gasteiger partial charge in [0.1, 0.15) is 0 Å². The minimum absolute atomic E-state index is 0.0605. The number of anilines is 1. The first-order chi connectivity index (χ1) is 10.1. The summed E-state index contributed by atoms with van der Waals surface area (Å²) in [7, 11) is 0. The van der Waals surface area contributed by atoms with E-state index in [1.807, 2.05) is 42.5 Å². The van der Waals surface area contributed by atoms with Crippen LogP contribution in [0.25, 0.3) is 0 Å². The zero-order valence-corrected chi connectivity index (χ0v) is 12.6. The number of nitrogens with one attached hydrogen (secondary N) is 2. The van der Waals surface area contributed by atoms with E-state index in [4.69, 9.17) is 0 Å². The maximum Gasteiger partial charge on any atom is 0.221 e. The molecule has 0 aliphatic heterocycles. The van der Waals surface area contributed by atoms with Gasteiger partial charge in [0.25, 0.3) is 0 Å². The van der Waals surface area contributed by atoms with Crippen molar-refractivity contribution in [3.8, 4) is 0 Å². The van der Waals surface area contributed by atoms with Gasteiger partial charge in [0, 0.05) is 30.9 Å². The lowest BCUT2D eigenvalue weighted by atomic mass is 10.1. The van der Waals surface area contributed by atoms with Gasteiger partial charge >= 0.3 is 0 Å². The average Bonchev–Trinajstić information content (AvgIpc) is 2.47. The van der Waals surface area contributed by atoms with Crippen molar-refractivity contribution in [1.29, 1.82) is 0 Å². The number of amides is 1. The molecule has 0 saturated heterocycles. The highest BCUT2D eigenvalue weighted by molar-refractivity contribution is 5.88. The third kappa shape index (κ3) is 4.39. The van der Waals surface area contributed by atoms with Gasteiger partial charge in [-0.3, -0.25) is 9.78 Å². The predicted octanol–water partition coefficient (Wildman–Crippen LogP) is 3.45. The second-order valence-corrected chi connectivity index (χ2v) is 5.17. The first-order valence-corrected chi connectivity index (χ1v) is 7.11. The van der Waals surface area contributed by atoms with E-state index in [9.17, 15) is 4.79 Å². The molecule has 0 saturated carbocycles. The fourth-order valence-electron chi connectivity index (χ4n) is 2.28. The van der Waals surface area contributed by atoms with Gasteiger partial charge in [0.2, 0.25) is 5.91 Å². The zero-order chi connectivity index (χ0) is 15.2. The molecule has 2 N–H and O–H groups in total. The van der Waals surface area contributed by atoms with Crippen molar-refractivity contribution in [2.45, 2.75) is 32.9 Å². The van der Waals surface area contributed by atoms with Gasteiger partial charge in [-0.2, -0.15) is 0 Å². The summed E-state index contributed by atoms with van der Waals surface area (Å²) >= 11 is 0. The van der Waals surface area contributed by atoms with Crippen LogP contribution >= 0.6 is 0 Å². The quantitative estimate of drug-likeness (QED) is 0.883. The maximum atomic E-state index is 11.1. The van der Waals surface area contributed by atoms with Crippen molar-refractivity contribution in [3.05, 3.63) is 59.9 Å². The predicted molar refractivity (Wildman–Crippen MR) is 84.9 cm³/mol. The van der Waals surface area contributed by atoms with Crippen molar-refractivity contribution in [1.82, 2.24) is 10.3 Å². The number of nitrogens with zero attached hydrogens (tertiary/aromatic N) is 1. The summed E-state index contributed by atoms with van der Waals surface area (Å²) < 4.78 is 0. The first kappa shape index (κ1) is 15.2. The lowest BCUT2D eigenvalue weighted by Gasteiger charge is -2.20. The van der Waals surface area contributed by atoms with E-state index in [0.717, 1.165) is 16.9 Å². The summed E-state index contributed by atoms with van der Waals surface area (Å²) in [6.07, 6.45) is 1.80. The molecule has 2 atom stereocenters. The van der Waals surface area contributed by atoms with Crippen molar-refractivity contribution < 1.29 is 4.79 Å². The van der Waals surface area contributed by atoms with E-state index in [0.29, 0.717) is 0 Å². The Morgan fingerprint density at radius 3 is 2.57 bits per heavy atom. The molecule has 0 radical (unpaired) electrons. The normalized spacial score (nSPS) is 13.5. The average molecular weight is 283 g/mol. The van der Waals surface area contributed by atoms with E-state index < -0.39 is 0 Å². The van der Waals surface area contributed by atoms with Gasteiger partial charge in [-0.15, -0.1) is 0 Å². The molecule has 2 rings (SSSR count). The van der Waals surface area contributed by atoms with Gasteiger partial charge in [0.15, 0.2) is 0 Å². The zero-order valence-electron chi connectivity index (χ0n) is 12.6.